The minimum Gasteiger partial charge on any atom is -0.495 e. The first-order valence-electron chi connectivity index (χ1n) is 8.88. The number of sulfonamides is 1. The highest BCUT2D eigenvalue weighted by Gasteiger charge is 2.27. The third-order valence-electron chi connectivity index (χ3n) is 4.63. The van der Waals surface area contributed by atoms with Crippen LogP contribution in [0.3, 0.4) is 0 Å². The van der Waals surface area contributed by atoms with E-state index in [0.717, 1.165) is 31.4 Å². The summed E-state index contributed by atoms with van der Waals surface area (Å²) in [5, 5.41) is 2.29. The van der Waals surface area contributed by atoms with E-state index in [1.807, 2.05) is 0 Å². The monoisotopic (exact) mass is 460 g/mol. The average Bonchev–Trinajstić information content (AvgIpc) is 2.71. The Hall–Kier alpha value is -1.87. The van der Waals surface area contributed by atoms with Gasteiger partial charge < -0.3 is 10.1 Å². The Morgan fingerprint density at radius 2 is 1.79 bits per heavy atom. The molecule has 1 aliphatic heterocycles. The smallest absolute Gasteiger partial charge is 0.257 e. The van der Waals surface area contributed by atoms with Gasteiger partial charge in [-0.25, -0.2) is 12.8 Å². The van der Waals surface area contributed by atoms with Gasteiger partial charge in [-0.15, -0.1) is 0 Å². The Bertz CT molecular complexity index is 1040. The fourth-order valence-electron chi connectivity index (χ4n) is 3.09. The normalized spacial score (nSPS) is 15.2. The maximum Gasteiger partial charge on any atom is 0.257 e. The molecule has 1 amide bonds. The van der Waals surface area contributed by atoms with Gasteiger partial charge >= 0.3 is 0 Å². The molecule has 2 aromatic rings. The first-order valence-corrected chi connectivity index (χ1v) is 11.1. The van der Waals surface area contributed by atoms with E-state index in [0.29, 0.717) is 13.1 Å². The van der Waals surface area contributed by atoms with Crippen molar-refractivity contribution in [1.29, 1.82) is 0 Å². The standard InChI is InChI=1S/C19H19Cl2FN2O4S/c1-28-18-6-5-12(29(26,27)24-7-3-2-4-8-24)9-17(18)23-19(25)13-10-16(22)15(21)11-14(13)20/h5-6,9-11H,2-4,7-8H2,1H3,(H,23,25). The first kappa shape index (κ1) is 21.8. The molecule has 0 aliphatic carbocycles. The molecule has 3 rings (SSSR count). The zero-order valence-corrected chi connectivity index (χ0v) is 17.9. The van der Waals surface area contributed by atoms with Gasteiger partial charge in [0.2, 0.25) is 10.0 Å². The Morgan fingerprint density at radius 3 is 2.45 bits per heavy atom. The van der Waals surface area contributed by atoms with Gasteiger partial charge in [-0.05, 0) is 43.2 Å². The predicted molar refractivity (Wildman–Crippen MR) is 110 cm³/mol. The van der Waals surface area contributed by atoms with E-state index >= 15 is 0 Å². The second-order valence-electron chi connectivity index (χ2n) is 6.53. The number of halogens is 3. The van der Waals surface area contributed by atoms with Crippen LogP contribution in [0.2, 0.25) is 10.0 Å². The number of anilines is 1. The molecule has 0 bridgehead atoms. The van der Waals surface area contributed by atoms with Crippen molar-refractivity contribution in [3.8, 4) is 5.75 Å². The Labute approximate surface area is 178 Å². The number of rotatable bonds is 5. The van der Waals surface area contributed by atoms with Crippen LogP contribution in [0, 0.1) is 5.82 Å². The number of nitrogens with zero attached hydrogens (tertiary/aromatic N) is 1. The highest BCUT2D eigenvalue weighted by molar-refractivity contribution is 7.89. The highest BCUT2D eigenvalue weighted by atomic mass is 35.5. The highest BCUT2D eigenvalue weighted by Crippen LogP contribution is 2.31. The van der Waals surface area contributed by atoms with Crippen molar-refractivity contribution in [2.45, 2.75) is 24.2 Å². The number of benzene rings is 2. The number of ether oxygens (including phenoxy) is 1. The Morgan fingerprint density at radius 1 is 1.10 bits per heavy atom. The summed E-state index contributed by atoms with van der Waals surface area (Å²) >= 11 is 11.7. The molecule has 0 atom stereocenters. The molecule has 6 nitrogen and oxygen atoms in total. The lowest BCUT2D eigenvalue weighted by Gasteiger charge is -2.26. The van der Waals surface area contributed by atoms with Gasteiger partial charge in [0.05, 0.1) is 33.3 Å². The van der Waals surface area contributed by atoms with Crippen molar-refractivity contribution < 1.29 is 22.3 Å². The van der Waals surface area contributed by atoms with E-state index in [4.69, 9.17) is 27.9 Å². The molecule has 10 heteroatoms. The number of methoxy groups -OCH3 is 1. The van der Waals surface area contributed by atoms with Crippen LogP contribution < -0.4 is 10.1 Å². The molecule has 0 saturated carbocycles. The van der Waals surface area contributed by atoms with Gasteiger partial charge in [-0.2, -0.15) is 4.31 Å². The summed E-state index contributed by atoms with van der Waals surface area (Å²) in [6.45, 7) is 0.908. The van der Waals surface area contributed by atoms with Crippen molar-refractivity contribution in [3.63, 3.8) is 0 Å². The van der Waals surface area contributed by atoms with Crippen LogP contribution in [0.25, 0.3) is 0 Å². The van der Waals surface area contributed by atoms with E-state index in [9.17, 15) is 17.6 Å². The molecule has 1 fully saturated rings. The average molecular weight is 461 g/mol. The van der Waals surface area contributed by atoms with Crippen LogP contribution >= 0.6 is 23.2 Å². The molecule has 29 heavy (non-hydrogen) atoms. The topological polar surface area (TPSA) is 75.7 Å². The largest absolute Gasteiger partial charge is 0.495 e. The minimum atomic E-state index is -3.71. The number of carbonyl (C=O) groups is 1. The molecule has 1 saturated heterocycles. The van der Waals surface area contributed by atoms with E-state index < -0.39 is 21.7 Å². The van der Waals surface area contributed by atoms with E-state index in [1.54, 1.807) is 0 Å². The third kappa shape index (κ3) is 4.66. The van der Waals surface area contributed by atoms with Gasteiger partial charge in [-0.3, -0.25) is 4.79 Å². The SMILES string of the molecule is COc1ccc(S(=O)(=O)N2CCCCC2)cc1NC(=O)c1cc(F)c(Cl)cc1Cl. The van der Waals surface area contributed by atoms with Crippen LogP contribution in [0.5, 0.6) is 5.75 Å². The summed E-state index contributed by atoms with van der Waals surface area (Å²) in [5.74, 6) is -1.27. The number of hydrogen-bond acceptors (Lipinski definition) is 4. The number of hydrogen-bond donors (Lipinski definition) is 1. The van der Waals surface area contributed by atoms with Gasteiger partial charge in [-0.1, -0.05) is 29.6 Å². The van der Waals surface area contributed by atoms with Crippen molar-refractivity contribution in [3.05, 3.63) is 51.8 Å². The Kier molecular flexibility index (Phi) is 6.68. The molecular weight excluding hydrogens is 442 g/mol. The lowest BCUT2D eigenvalue weighted by atomic mass is 10.2. The Balaban J connectivity index is 1.94. The lowest BCUT2D eigenvalue weighted by molar-refractivity contribution is 0.102. The summed E-state index contributed by atoms with van der Waals surface area (Å²) in [6, 6.07) is 6.24. The maximum atomic E-state index is 13.7. The number of amides is 1. The molecule has 1 aliphatic rings. The van der Waals surface area contributed by atoms with Crippen LogP contribution in [-0.4, -0.2) is 38.8 Å². The summed E-state index contributed by atoms with van der Waals surface area (Å²) in [7, 11) is -2.32. The fraction of sp³-hybridized carbons (Fsp3) is 0.316. The molecule has 0 radical (unpaired) electrons. The van der Waals surface area contributed by atoms with Crippen molar-refractivity contribution >= 4 is 44.8 Å². The number of carbonyl (C=O) groups excluding carboxylic acids is 1. The molecule has 0 spiro atoms. The predicted octanol–water partition coefficient (Wildman–Crippen LogP) is 4.57. The molecule has 0 unspecified atom stereocenters. The quantitative estimate of drug-likeness (QED) is 0.663. The van der Waals surface area contributed by atoms with Gasteiger partial charge in [0.15, 0.2) is 0 Å². The van der Waals surface area contributed by atoms with Gasteiger partial charge in [0.1, 0.15) is 11.6 Å². The van der Waals surface area contributed by atoms with E-state index in [-0.39, 0.29) is 31.9 Å². The molecule has 156 valence electrons. The van der Waals surface area contributed by atoms with Gasteiger partial charge in [0.25, 0.3) is 5.91 Å². The zero-order valence-electron chi connectivity index (χ0n) is 15.5. The third-order valence-corrected chi connectivity index (χ3v) is 7.12. The van der Waals surface area contributed by atoms with Crippen molar-refractivity contribution in [2.75, 3.05) is 25.5 Å². The molecule has 1 heterocycles. The zero-order chi connectivity index (χ0) is 21.2. The fourth-order valence-corrected chi connectivity index (χ4v) is 5.10. The summed E-state index contributed by atoms with van der Waals surface area (Å²) < 4.78 is 46.2. The van der Waals surface area contributed by atoms with Crippen LogP contribution in [0.4, 0.5) is 10.1 Å². The molecule has 0 aromatic heterocycles. The second kappa shape index (κ2) is 8.87. The summed E-state index contributed by atoms with van der Waals surface area (Å²) in [5.41, 5.74) is -0.0121. The second-order valence-corrected chi connectivity index (χ2v) is 9.28. The lowest BCUT2D eigenvalue weighted by Crippen LogP contribution is -2.35. The number of piperidine rings is 1. The van der Waals surface area contributed by atoms with Crippen molar-refractivity contribution in [2.24, 2.45) is 0 Å². The first-order chi connectivity index (χ1) is 13.7. The minimum absolute atomic E-state index is 0.0314. The van der Waals surface area contributed by atoms with Crippen LogP contribution in [-0.2, 0) is 10.0 Å². The van der Waals surface area contributed by atoms with E-state index in [2.05, 4.69) is 5.32 Å². The van der Waals surface area contributed by atoms with Crippen LogP contribution in [0.1, 0.15) is 29.6 Å². The molecular formula is C19H19Cl2FN2O4S. The number of nitrogens with one attached hydrogen (secondary N) is 1. The summed E-state index contributed by atoms with van der Waals surface area (Å²) in [6.07, 6.45) is 2.60. The van der Waals surface area contributed by atoms with E-state index in [1.165, 1.54) is 29.6 Å². The van der Waals surface area contributed by atoms with Gasteiger partial charge in [0, 0.05) is 13.1 Å². The summed E-state index contributed by atoms with van der Waals surface area (Å²) in [4.78, 5) is 12.6. The molecule has 1 N–H and O–H groups in total. The van der Waals surface area contributed by atoms with Crippen LogP contribution in [0.15, 0.2) is 35.2 Å². The molecule has 2 aromatic carbocycles. The maximum absolute atomic E-state index is 13.7. The van der Waals surface area contributed by atoms with Crippen molar-refractivity contribution in [1.82, 2.24) is 4.31 Å².